The Morgan fingerprint density at radius 3 is 2.30 bits per heavy atom. The van der Waals surface area contributed by atoms with Gasteiger partial charge in [0.25, 0.3) is 0 Å². The first-order valence-corrected chi connectivity index (χ1v) is 12.7. The number of ether oxygens (including phenoxy) is 2. The van der Waals surface area contributed by atoms with Crippen LogP contribution in [-0.4, -0.2) is 45.6 Å². The van der Waals surface area contributed by atoms with E-state index in [0.717, 1.165) is 48.4 Å². The van der Waals surface area contributed by atoms with Gasteiger partial charge in [0.15, 0.2) is 11.5 Å². The van der Waals surface area contributed by atoms with Crippen molar-refractivity contribution in [3.63, 3.8) is 0 Å². The molecule has 27 heavy (non-hydrogen) atoms. The molecule has 1 fully saturated rings. The fraction of sp³-hybridized carbons (Fsp3) is 0.500. The second-order valence-corrected chi connectivity index (χ2v) is 12.3. The van der Waals surface area contributed by atoms with Crippen LogP contribution in [0.15, 0.2) is 30.8 Å². The van der Waals surface area contributed by atoms with E-state index in [9.17, 15) is 0 Å². The largest absolute Gasteiger partial charge is 0.548 e. The van der Waals surface area contributed by atoms with Crippen molar-refractivity contribution in [1.29, 1.82) is 0 Å². The Balaban J connectivity index is 1.80. The fourth-order valence-corrected chi connectivity index (χ4v) is 4.46. The molecule has 1 aliphatic rings. The summed E-state index contributed by atoms with van der Waals surface area (Å²) in [5, 5.41) is 0.978. The number of hydrogen-bond donors (Lipinski definition) is 0. The average Bonchev–Trinajstić information content (AvgIpc) is 2.65. The third-order valence-corrected chi connectivity index (χ3v) is 5.68. The van der Waals surface area contributed by atoms with E-state index in [1.807, 2.05) is 12.1 Å². The third kappa shape index (κ3) is 4.35. The molecule has 1 aromatic heterocycles. The van der Waals surface area contributed by atoms with E-state index in [4.69, 9.17) is 13.9 Å². The Morgan fingerprint density at radius 1 is 1.07 bits per heavy atom. The molecule has 0 N–H and O–H groups in total. The maximum absolute atomic E-state index is 6.11. The van der Waals surface area contributed by atoms with Crippen LogP contribution in [0.5, 0.6) is 11.5 Å². The van der Waals surface area contributed by atoms with Gasteiger partial charge in [-0.05, 0) is 38.5 Å². The van der Waals surface area contributed by atoms with E-state index in [0.29, 0.717) is 17.4 Å². The summed E-state index contributed by atoms with van der Waals surface area (Å²) in [4.78, 5) is 11.3. The predicted octanol–water partition coefficient (Wildman–Crippen LogP) is 4.23. The van der Waals surface area contributed by atoms with Crippen molar-refractivity contribution in [3.05, 3.63) is 30.8 Å². The van der Waals surface area contributed by atoms with E-state index in [1.54, 1.807) is 20.5 Å². The molecule has 1 aliphatic heterocycles. The van der Waals surface area contributed by atoms with Crippen molar-refractivity contribution in [2.45, 2.75) is 32.5 Å². The Labute approximate surface area is 162 Å². The highest BCUT2D eigenvalue weighted by Gasteiger charge is 2.27. The summed E-state index contributed by atoms with van der Waals surface area (Å²) in [5.74, 6) is 3.67. The number of piperidine rings is 1. The van der Waals surface area contributed by atoms with Crippen LogP contribution in [0.4, 0.5) is 5.82 Å². The Morgan fingerprint density at radius 2 is 1.70 bits per heavy atom. The number of anilines is 1. The topological polar surface area (TPSA) is 56.7 Å². The van der Waals surface area contributed by atoms with Crippen LogP contribution in [0.2, 0.25) is 19.6 Å². The van der Waals surface area contributed by atoms with Crippen LogP contribution in [0.25, 0.3) is 10.9 Å². The van der Waals surface area contributed by atoms with Crippen LogP contribution in [0, 0.1) is 5.92 Å². The zero-order chi connectivity index (χ0) is 19.6. The number of benzene rings is 1. The lowest BCUT2D eigenvalue weighted by molar-refractivity contribution is 0.307. The molecule has 0 saturated carbocycles. The molecule has 0 unspecified atom stereocenters. The first kappa shape index (κ1) is 19.5. The quantitative estimate of drug-likeness (QED) is 0.546. The van der Waals surface area contributed by atoms with Crippen LogP contribution >= 0.6 is 0 Å². The number of allylic oxidation sites excluding steroid dienone is 1. The number of hydrogen-bond acceptors (Lipinski definition) is 6. The fourth-order valence-electron chi connectivity index (χ4n) is 3.51. The Bertz CT molecular complexity index is 827. The standard InChI is InChI=1S/C20H29N3O3Si/c1-14(26-27(4,5)6)15-7-9-23(10-8-15)20-16-11-18(24-2)19(25-3)12-17(16)21-13-22-20/h11-13,15H,1,7-10H2,2-6H3. The molecule has 2 heterocycles. The Kier molecular flexibility index (Phi) is 5.60. The minimum atomic E-state index is -1.60. The number of nitrogens with zero attached hydrogens (tertiary/aromatic N) is 3. The second-order valence-electron chi connectivity index (χ2n) is 7.86. The summed E-state index contributed by atoms with van der Waals surface area (Å²) in [5.41, 5.74) is 0.853. The van der Waals surface area contributed by atoms with Gasteiger partial charge in [-0.15, -0.1) is 0 Å². The molecule has 146 valence electrons. The molecule has 0 radical (unpaired) electrons. The smallest absolute Gasteiger partial charge is 0.241 e. The van der Waals surface area contributed by atoms with E-state index in [1.165, 1.54) is 0 Å². The highest BCUT2D eigenvalue weighted by atomic mass is 28.4. The summed E-state index contributed by atoms with van der Waals surface area (Å²) in [6.07, 6.45) is 3.65. The summed E-state index contributed by atoms with van der Waals surface area (Å²) in [6, 6.07) is 3.86. The lowest BCUT2D eigenvalue weighted by atomic mass is 9.95. The van der Waals surface area contributed by atoms with Crippen molar-refractivity contribution in [1.82, 2.24) is 9.97 Å². The summed E-state index contributed by atoms with van der Waals surface area (Å²) in [7, 11) is 1.67. The molecule has 0 amide bonds. The molecule has 0 aliphatic carbocycles. The second kappa shape index (κ2) is 7.76. The first-order chi connectivity index (χ1) is 12.8. The Hall–Kier alpha value is -2.28. The zero-order valence-corrected chi connectivity index (χ0v) is 17.9. The number of fused-ring (bicyclic) bond motifs is 1. The molecule has 1 aromatic carbocycles. The van der Waals surface area contributed by atoms with E-state index in [2.05, 4.69) is 41.1 Å². The number of rotatable bonds is 6. The molecular weight excluding hydrogens is 358 g/mol. The molecule has 2 aromatic rings. The van der Waals surface area contributed by atoms with E-state index >= 15 is 0 Å². The van der Waals surface area contributed by atoms with E-state index < -0.39 is 8.32 Å². The normalized spacial score (nSPS) is 15.7. The maximum atomic E-state index is 6.11. The molecule has 7 heteroatoms. The minimum absolute atomic E-state index is 0.413. The van der Waals surface area contributed by atoms with Gasteiger partial charge in [-0.25, -0.2) is 9.97 Å². The van der Waals surface area contributed by atoms with Gasteiger partial charge in [-0.3, -0.25) is 0 Å². The molecule has 0 spiro atoms. The van der Waals surface area contributed by atoms with Crippen molar-refractivity contribution >= 4 is 25.0 Å². The highest BCUT2D eigenvalue weighted by Crippen LogP contribution is 2.36. The average molecular weight is 388 g/mol. The third-order valence-electron chi connectivity index (χ3n) is 4.81. The van der Waals surface area contributed by atoms with Gasteiger partial charge in [-0.1, -0.05) is 6.58 Å². The summed E-state index contributed by atoms with van der Waals surface area (Å²) in [6.45, 7) is 12.6. The van der Waals surface area contributed by atoms with Crippen LogP contribution in [0.3, 0.4) is 0 Å². The molecule has 0 atom stereocenters. The van der Waals surface area contributed by atoms with Crippen molar-refractivity contribution in [3.8, 4) is 11.5 Å². The minimum Gasteiger partial charge on any atom is -0.548 e. The van der Waals surface area contributed by atoms with Gasteiger partial charge in [0.05, 0.1) is 25.5 Å². The monoisotopic (exact) mass is 387 g/mol. The van der Waals surface area contributed by atoms with Crippen LogP contribution < -0.4 is 14.4 Å². The van der Waals surface area contributed by atoms with Crippen molar-refractivity contribution in [2.75, 3.05) is 32.2 Å². The first-order valence-electron chi connectivity index (χ1n) is 9.32. The van der Waals surface area contributed by atoms with E-state index in [-0.39, 0.29) is 0 Å². The number of methoxy groups -OCH3 is 2. The van der Waals surface area contributed by atoms with Gasteiger partial charge < -0.3 is 18.8 Å². The summed E-state index contributed by atoms with van der Waals surface area (Å²) >= 11 is 0. The SMILES string of the molecule is C=C(O[Si](C)(C)C)C1CCN(c2ncnc3cc(OC)c(OC)cc23)CC1. The van der Waals surface area contributed by atoms with Gasteiger partial charge in [-0.2, -0.15) is 0 Å². The van der Waals surface area contributed by atoms with Crippen LogP contribution in [-0.2, 0) is 4.43 Å². The maximum Gasteiger partial charge on any atom is 0.241 e. The van der Waals surface area contributed by atoms with Crippen molar-refractivity contribution < 1.29 is 13.9 Å². The highest BCUT2D eigenvalue weighted by molar-refractivity contribution is 6.70. The molecule has 6 nitrogen and oxygen atoms in total. The molecule has 1 saturated heterocycles. The van der Waals surface area contributed by atoms with Crippen LogP contribution in [0.1, 0.15) is 12.8 Å². The molecule has 0 bridgehead atoms. The number of aromatic nitrogens is 2. The molecular formula is C20H29N3O3Si. The van der Waals surface area contributed by atoms with Gasteiger partial charge >= 0.3 is 0 Å². The van der Waals surface area contributed by atoms with Gasteiger partial charge in [0.2, 0.25) is 8.32 Å². The van der Waals surface area contributed by atoms with Gasteiger partial charge in [0.1, 0.15) is 12.1 Å². The lowest BCUT2D eigenvalue weighted by Gasteiger charge is -2.35. The lowest BCUT2D eigenvalue weighted by Crippen LogP contribution is -2.36. The van der Waals surface area contributed by atoms with Crippen molar-refractivity contribution in [2.24, 2.45) is 5.92 Å². The van der Waals surface area contributed by atoms with Gasteiger partial charge in [0, 0.05) is 30.5 Å². The zero-order valence-electron chi connectivity index (χ0n) is 16.9. The molecule has 3 rings (SSSR count). The predicted molar refractivity (Wildman–Crippen MR) is 111 cm³/mol. The summed E-state index contributed by atoms with van der Waals surface area (Å²) < 4.78 is 17.0.